The molecule has 1 unspecified atom stereocenters. The van der Waals surface area contributed by atoms with E-state index in [9.17, 15) is 0 Å². The molecule has 3 N–H and O–H groups in total. The molecule has 18 heavy (non-hydrogen) atoms. The number of nitrogens with zero attached hydrogens (tertiary/aromatic N) is 2. The summed E-state index contributed by atoms with van der Waals surface area (Å²) >= 11 is 5.87. The van der Waals surface area contributed by atoms with Gasteiger partial charge in [0.05, 0.1) is 11.4 Å². The van der Waals surface area contributed by atoms with E-state index in [0.717, 1.165) is 5.69 Å². The number of rotatable bonds is 3. The Labute approximate surface area is 113 Å². The van der Waals surface area contributed by atoms with Crippen LogP contribution in [0.1, 0.15) is 44.7 Å². The summed E-state index contributed by atoms with van der Waals surface area (Å²) in [5, 5.41) is 3.65. The minimum atomic E-state index is 0.250. The number of aryl methyl sites for hydroxylation is 1. The molecule has 1 aromatic rings. The van der Waals surface area contributed by atoms with Crippen LogP contribution in [0.25, 0.3) is 0 Å². The quantitative estimate of drug-likeness (QED) is 0.825. The third-order valence-electron chi connectivity index (χ3n) is 3.83. The smallest absolute Gasteiger partial charge is 0.224 e. The van der Waals surface area contributed by atoms with Gasteiger partial charge >= 0.3 is 0 Å². The van der Waals surface area contributed by atoms with Gasteiger partial charge in [-0.1, -0.05) is 19.3 Å². The summed E-state index contributed by atoms with van der Waals surface area (Å²) in [6.45, 7) is 4.04. The molecule has 0 spiro atoms. The van der Waals surface area contributed by atoms with Crippen LogP contribution in [0.3, 0.4) is 0 Å². The number of nitrogens with one attached hydrogen (secondary N) is 1. The van der Waals surface area contributed by atoms with E-state index in [1.54, 1.807) is 0 Å². The van der Waals surface area contributed by atoms with Gasteiger partial charge in [0.1, 0.15) is 0 Å². The highest BCUT2D eigenvalue weighted by atomic mass is 35.5. The predicted molar refractivity (Wildman–Crippen MR) is 75.9 cm³/mol. The van der Waals surface area contributed by atoms with Gasteiger partial charge in [0.15, 0.2) is 5.82 Å². The predicted octanol–water partition coefficient (Wildman–Crippen LogP) is 3.40. The van der Waals surface area contributed by atoms with Crippen molar-refractivity contribution in [1.29, 1.82) is 0 Å². The first-order chi connectivity index (χ1) is 8.58. The Hall–Kier alpha value is -1.03. The zero-order chi connectivity index (χ0) is 13.1. The van der Waals surface area contributed by atoms with Gasteiger partial charge < -0.3 is 11.1 Å². The Balaban J connectivity index is 2.08. The number of hydrogen-bond donors (Lipinski definition) is 2. The van der Waals surface area contributed by atoms with Gasteiger partial charge in [0, 0.05) is 6.04 Å². The third-order valence-corrected chi connectivity index (χ3v) is 4.00. The zero-order valence-electron chi connectivity index (χ0n) is 11.0. The maximum absolute atomic E-state index is 5.98. The average Bonchev–Trinajstić information content (AvgIpc) is 2.36. The summed E-state index contributed by atoms with van der Waals surface area (Å²) in [7, 11) is 0. The fourth-order valence-electron chi connectivity index (χ4n) is 2.63. The molecule has 0 aliphatic heterocycles. The number of anilines is 2. The van der Waals surface area contributed by atoms with Gasteiger partial charge in [0.2, 0.25) is 5.28 Å². The lowest BCUT2D eigenvalue weighted by molar-refractivity contribution is 0.328. The number of halogens is 1. The first kappa shape index (κ1) is 13.4. The van der Waals surface area contributed by atoms with Gasteiger partial charge in [-0.05, 0) is 44.2 Å². The molecular weight excluding hydrogens is 248 g/mol. The van der Waals surface area contributed by atoms with Crippen LogP contribution >= 0.6 is 11.6 Å². The van der Waals surface area contributed by atoms with Crippen LogP contribution in [0.2, 0.25) is 5.28 Å². The van der Waals surface area contributed by atoms with Crippen molar-refractivity contribution in [2.45, 2.75) is 52.0 Å². The van der Waals surface area contributed by atoms with Crippen molar-refractivity contribution >= 4 is 23.1 Å². The Morgan fingerprint density at radius 3 is 2.61 bits per heavy atom. The molecule has 2 rings (SSSR count). The summed E-state index contributed by atoms with van der Waals surface area (Å²) in [6, 6.07) is 0.373. The van der Waals surface area contributed by atoms with Crippen LogP contribution in [0, 0.1) is 12.8 Å². The highest BCUT2D eigenvalue weighted by molar-refractivity contribution is 6.28. The molecule has 1 aromatic heterocycles. The maximum atomic E-state index is 5.98. The van der Waals surface area contributed by atoms with Gasteiger partial charge in [-0.15, -0.1) is 0 Å². The van der Waals surface area contributed by atoms with E-state index < -0.39 is 0 Å². The molecule has 1 saturated carbocycles. The van der Waals surface area contributed by atoms with E-state index in [1.165, 1.54) is 32.1 Å². The van der Waals surface area contributed by atoms with E-state index in [2.05, 4.69) is 22.2 Å². The molecular formula is C13H21ClN4. The molecule has 1 atom stereocenters. The van der Waals surface area contributed by atoms with Crippen molar-refractivity contribution in [2.24, 2.45) is 5.92 Å². The summed E-state index contributed by atoms with van der Waals surface area (Å²) < 4.78 is 0. The van der Waals surface area contributed by atoms with Crippen molar-refractivity contribution in [2.75, 3.05) is 11.1 Å². The van der Waals surface area contributed by atoms with Gasteiger partial charge in [-0.2, -0.15) is 4.98 Å². The van der Waals surface area contributed by atoms with Gasteiger partial charge in [0.25, 0.3) is 0 Å². The zero-order valence-corrected chi connectivity index (χ0v) is 11.8. The van der Waals surface area contributed by atoms with Crippen molar-refractivity contribution < 1.29 is 0 Å². The topological polar surface area (TPSA) is 63.8 Å². The molecule has 1 aliphatic rings. The second-order valence-corrected chi connectivity index (χ2v) is 5.51. The van der Waals surface area contributed by atoms with Crippen molar-refractivity contribution in [3.8, 4) is 0 Å². The number of nitrogens with two attached hydrogens (primary N) is 1. The SMILES string of the molecule is Cc1nc(Cl)nc(NC(C)C2CCCCC2)c1N. The molecule has 0 bridgehead atoms. The van der Waals surface area contributed by atoms with Crippen molar-refractivity contribution in [1.82, 2.24) is 9.97 Å². The summed E-state index contributed by atoms with van der Waals surface area (Å²) in [5.74, 6) is 1.37. The minimum absolute atomic E-state index is 0.250. The second kappa shape index (κ2) is 5.74. The fraction of sp³-hybridized carbons (Fsp3) is 0.692. The van der Waals surface area contributed by atoms with Crippen LogP contribution in [0.5, 0.6) is 0 Å². The van der Waals surface area contributed by atoms with Crippen molar-refractivity contribution in [3.05, 3.63) is 11.0 Å². The lowest BCUT2D eigenvalue weighted by Crippen LogP contribution is -2.28. The van der Waals surface area contributed by atoms with E-state index in [0.29, 0.717) is 23.5 Å². The van der Waals surface area contributed by atoms with Crippen LogP contribution in [-0.4, -0.2) is 16.0 Å². The van der Waals surface area contributed by atoms with Gasteiger partial charge in [-0.3, -0.25) is 0 Å². The molecule has 1 fully saturated rings. The number of aromatic nitrogens is 2. The van der Waals surface area contributed by atoms with Crippen LogP contribution in [-0.2, 0) is 0 Å². The monoisotopic (exact) mass is 268 g/mol. The summed E-state index contributed by atoms with van der Waals surface area (Å²) in [4.78, 5) is 8.23. The highest BCUT2D eigenvalue weighted by Gasteiger charge is 2.21. The first-order valence-electron chi connectivity index (χ1n) is 6.64. The van der Waals surface area contributed by atoms with E-state index in [-0.39, 0.29) is 5.28 Å². The molecule has 4 nitrogen and oxygen atoms in total. The lowest BCUT2D eigenvalue weighted by atomic mass is 9.84. The third kappa shape index (κ3) is 3.05. The Morgan fingerprint density at radius 2 is 1.94 bits per heavy atom. The lowest BCUT2D eigenvalue weighted by Gasteiger charge is -2.29. The normalized spacial score (nSPS) is 18.6. The van der Waals surface area contributed by atoms with Crippen LogP contribution < -0.4 is 11.1 Å². The second-order valence-electron chi connectivity index (χ2n) is 5.17. The van der Waals surface area contributed by atoms with Gasteiger partial charge in [-0.25, -0.2) is 4.98 Å². The molecule has 0 radical (unpaired) electrons. The maximum Gasteiger partial charge on any atom is 0.224 e. The molecule has 100 valence electrons. The molecule has 0 aromatic carbocycles. The largest absolute Gasteiger partial charge is 0.394 e. The first-order valence-corrected chi connectivity index (χ1v) is 7.02. The number of hydrogen-bond acceptors (Lipinski definition) is 4. The van der Waals surface area contributed by atoms with E-state index >= 15 is 0 Å². The summed E-state index contributed by atoms with van der Waals surface area (Å²) in [6.07, 6.45) is 6.59. The molecule has 0 saturated heterocycles. The molecule has 5 heteroatoms. The molecule has 1 aliphatic carbocycles. The molecule has 0 amide bonds. The Morgan fingerprint density at radius 1 is 1.28 bits per heavy atom. The molecule has 1 heterocycles. The standard InChI is InChI=1S/C13H21ClN4/c1-8(10-6-4-3-5-7-10)16-12-11(15)9(2)17-13(14)18-12/h8,10H,3-7,15H2,1-2H3,(H,16,17,18). The van der Waals surface area contributed by atoms with Crippen molar-refractivity contribution in [3.63, 3.8) is 0 Å². The minimum Gasteiger partial charge on any atom is -0.394 e. The summed E-state index contributed by atoms with van der Waals surface area (Å²) in [5.41, 5.74) is 7.31. The number of nitrogen functional groups attached to an aromatic ring is 1. The van der Waals surface area contributed by atoms with Crippen LogP contribution in [0.15, 0.2) is 0 Å². The Kier molecular flexibility index (Phi) is 4.27. The Bertz CT molecular complexity index is 416. The van der Waals surface area contributed by atoms with Crippen LogP contribution in [0.4, 0.5) is 11.5 Å². The highest BCUT2D eigenvalue weighted by Crippen LogP contribution is 2.29. The van der Waals surface area contributed by atoms with E-state index in [4.69, 9.17) is 17.3 Å². The van der Waals surface area contributed by atoms with E-state index in [1.807, 2.05) is 6.92 Å². The fourth-order valence-corrected chi connectivity index (χ4v) is 2.84. The average molecular weight is 269 g/mol.